The van der Waals surface area contributed by atoms with Gasteiger partial charge in [0.1, 0.15) is 5.60 Å². The van der Waals surface area contributed by atoms with Gasteiger partial charge in [-0.3, -0.25) is 0 Å². The maximum atomic E-state index is 13.4. The van der Waals surface area contributed by atoms with E-state index in [1.807, 2.05) is 0 Å². The van der Waals surface area contributed by atoms with Crippen molar-refractivity contribution >= 4 is 6.09 Å². The number of phenols is 1. The van der Waals surface area contributed by atoms with Gasteiger partial charge in [-0.15, -0.1) is 0 Å². The Bertz CT molecular complexity index is 556. The third kappa shape index (κ3) is 3.88. The zero-order valence-corrected chi connectivity index (χ0v) is 13.0. The molecule has 1 saturated heterocycles. The number of aliphatic hydroxyl groups excluding tert-OH is 1. The van der Waals surface area contributed by atoms with Crippen molar-refractivity contribution in [3.8, 4) is 5.75 Å². The Morgan fingerprint density at radius 3 is 2.64 bits per heavy atom. The third-order valence-corrected chi connectivity index (χ3v) is 3.63. The van der Waals surface area contributed by atoms with E-state index in [2.05, 4.69) is 0 Å². The van der Waals surface area contributed by atoms with Crippen molar-refractivity contribution in [2.45, 2.75) is 44.8 Å². The summed E-state index contributed by atoms with van der Waals surface area (Å²) < 4.78 is 18.7. The van der Waals surface area contributed by atoms with E-state index in [9.17, 15) is 19.4 Å². The molecule has 1 amide bonds. The molecule has 1 heterocycles. The van der Waals surface area contributed by atoms with Gasteiger partial charge < -0.3 is 19.8 Å². The molecule has 5 nitrogen and oxygen atoms in total. The molecule has 2 atom stereocenters. The lowest BCUT2D eigenvalue weighted by Gasteiger charge is -2.36. The molecule has 0 aromatic heterocycles. The number of likely N-dealkylation sites (tertiary alicyclic amines) is 1. The van der Waals surface area contributed by atoms with Gasteiger partial charge in [-0.2, -0.15) is 0 Å². The number of nitrogens with zero attached hydrogens (tertiary/aromatic N) is 1. The Hall–Kier alpha value is -1.82. The van der Waals surface area contributed by atoms with Gasteiger partial charge in [0.15, 0.2) is 11.6 Å². The van der Waals surface area contributed by atoms with Crippen LogP contribution < -0.4 is 0 Å². The van der Waals surface area contributed by atoms with E-state index in [1.165, 1.54) is 17.0 Å². The van der Waals surface area contributed by atoms with Crippen molar-refractivity contribution in [1.82, 2.24) is 4.90 Å². The summed E-state index contributed by atoms with van der Waals surface area (Å²) in [6.07, 6.45) is -0.753. The summed E-state index contributed by atoms with van der Waals surface area (Å²) in [5, 5.41) is 19.5. The number of ether oxygens (including phenoxy) is 1. The van der Waals surface area contributed by atoms with Crippen molar-refractivity contribution in [3.05, 3.63) is 29.6 Å². The topological polar surface area (TPSA) is 70.0 Å². The molecule has 1 aliphatic heterocycles. The first kappa shape index (κ1) is 16.5. The Morgan fingerprint density at radius 2 is 2.09 bits per heavy atom. The molecule has 0 spiro atoms. The van der Waals surface area contributed by atoms with E-state index >= 15 is 0 Å². The summed E-state index contributed by atoms with van der Waals surface area (Å²) >= 11 is 0. The maximum Gasteiger partial charge on any atom is 0.410 e. The van der Waals surface area contributed by atoms with E-state index in [4.69, 9.17) is 4.74 Å². The van der Waals surface area contributed by atoms with Crippen molar-refractivity contribution in [2.75, 3.05) is 13.1 Å². The Kier molecular flexibility index (Phi) is 4.60. The number of piperidine rings is 1. The number of hydrogen-bond donors (Lipinski definition) is 2. The highest BCUT2D eigenvalue weighted by molar-refractivity contribution is 5.68. The number of phenolic OH excluding ortho intramolecular Hbond substituents is 1. The highest BCUT2D eigenvalue weighted by Gasteiger charge is 2.33. The average Bonchev–Trinajstić information content (AvgIpc) is 2.40. The van der Waals surface area contributed by atoms with Gasteiger partial charge in [-0.05, 0) is 44.9 Å². The molecule has 1 fully saturated rings. The van der Waals surface area contributed by atoms with Crippen LogP contribution in [0.25, 0.3) is 0 Å². The maximum absolute atomic E-state index is 13.4. The van der Waals surface area contributed by atoms with Crippen LogP contribution in [0, 0.1) is 5.82 Å². The first-order chi connectivity index (χ1) is 10.2. The monoisotopic (exact) mass is 311 g/mol. The Balaban J connectivity index is 2.03. The molecule has 0 radical (unpaired) electrons. The second-order valence-corrected chi connectivity index (χ2v) is 6.60. The van der Waals surface area contributed by atoms with Gasteiger partial charge in [-0.25, -0.2) is 9.18 Å². The fraction of sp³-hybridized carbons (Fsp3) is 0.562. The van der Waals surface area contributed by atoms with Crippen molar-refractivity contribution in [3.63, 3.8) is 0 Å². The molecule has 1 aromatic rings. The van der Waals surface area contributed by atoms with Crippen LogP contribution in [0.1, 0.15) is 38.7 Å². The van der Waals surface area contributed by atoms with Crippen LogP contribution in [0.4, 0.5) is 9.18 Å². The van der Waals surface area contributed by atoms with Gasteiger partial charge in [0, 0.05) is 12.5 Å². The number of rotatable bonds is 1. The zero-order chi connectivity index (χ0) is 16.5. The van der Waals surface area contributed by atoms with Gasteiger partial charge in [0.2, 0.25) is 0 Å². The Morgan fingerprint density at radius 1 is 1.41 bits per heavy atom. The highest BCUT2D eigenvalue weighted by atomic mass is 19.1. The quantitative estimate of drug-likeness (QED) is 0.836. The second kappa shape index (κ2) is 6.12. The molecule has 0 bridgehead atoms. The predicted molar refractivity (Wildman–Crippen MR) is 79.2 cm³/mol. The number of benzene rings is 1. The molecule has 0 unspecified atom stereocenters. The number of aromatic hydroxyl groups is 1. The van der Waals surface area contributed by atoms with Crippen molar-refractivity contribution in [1.29, 1.82) is 0 Å². The van der Waals surface area contributed by atoms with Crippen LogP contribution in [0.15, 0.2) is 18.2 Å². The van der Waals surface area contributed by atoms with Gasteiger partial charge >= 0.3 is 6.09 Å². The predicted octanol–water partition coefficient (Wildman–Crippen LogP) is 2.62. The van der Waals surface area contributed by atoms with E-state index in [0.29, 0.717) is 18.5 Å². The van der Waals surface area contributed by atoms with E-state index in [-0.39, 0.29) is 12.5 Å². The molecule has 6 heteroatoms. The molecular weight excluding hydrogens is 289 g/mol. The number of aliphatic hydroxyl groups is 1. The van der Waals surface area contributed by atoms with Crippen molar-refractivity contribution in [2.24, 2.45) is 0 Å². The fourth-order valence-corrected chi connectivity index (χ4v) is 2.57. The third-order valence-electron chi connectivity index (χ3n) is 3.63. The second-order valence-electron chi connectivity index (χ2n) is 6.60. The Labute approximate surface area is 129 Å². The SMILES string of the molecule is CC(C)(C)OC(=O)N1CC[C@@H](c2ccc(O)c(F)c2)[C@H](O)C1. The largest absolute Gasteiger partial charge is 0.505 e. The van der Waals surface area contributed by atoms with Gasteiger partial charge in [-0.1, -0.05) is 6.07 Å². The van der Waals surface area contributed by atoms with Crippen LogP contribution in [0.2, 0.25) is 0 Å². The average molecular weight is 311 g/mol. The molecule has 2 rings (SSSR count). The lowest BCUT2D eigenvalue weighted by molar-refractivity contribution is -0.00154. The van der Waals surface area contributed by atoms with Crippen LogP contribution >= 0.6 is 0 Å². The fourth-order valence-electron chi connectivity index (χ4n) is 2.57. The van der Waals surface area contributed by atoms with Crippen molar-refractivity contribution < 1.29 is 24.1 Å². The minimum Gasteiger partial charge on any atom is -0.505 e. The number of halogens is 1. The first-order valence-corrected chi connectivity index (χ1v) is 7.32. The molecule has 1 aromatic carbocycles. The molecule has 0 aliphatic carbocycles. The summed E-state index contributed by atoms with van der Waals surface area (Å²) in [5.41, 5.74) is 0.0329. The highest BCUT2D eigenvalue weighted by Crippen LogP contribution is 2.31. The van der Waals surface area contributed by atoms with Crippen LogP contribution in [-0.4, -0.2) is 46.0 Å². The van der Waals surface area contributed by atoms with E-state index in [0.717, 1.165) is 0 Å². The summed E-state index contributed by atoms with van der Waals surface area (Å²) in [6.45, 7) is 5.93. The first-order valence-electron chi connectivity index (χ1n) is 7.32. The van der Waals surface area contributed by atoms with Crippen LogP contribution in [0.5, 0.6) is 5.75 Å². The molecule has 122 valence electrons. The molecular formula is C16H22FNO4. The summed E-state index contributed by atoms with van der Waals surface area (Å²) in [4.78, 5) is 13.5. The van der Waals surface area contributed by atoms with Crippen LogP contribution in [0.3, 0.4) is 0 Å². The lowest BCUT2D eigenvalue weighted by Crippen LogP contribution is -2.47. The number of hydrogen-bond acceptors (Lipinski definition) is 4. The van der Waals surface area contributed by atoms with Gasteiger partial charge in [0.05, 0.1) is 12.6 Å². The normalized spacial score (nSPS) is 22.5. The zero-order valence-electron chi connectivity index (χ0n) is 13.0. The number of carbonyl (C=O) groups excluding carboxylic acids is 1. The minimum atomic E-state index is -0.801. The van der Waals surface area contributed by atoms with E-state index in [1.54, 1.807) is 26.8 Å². The van der Waals surface area contributed by atoms with Crippen LogP contribution in [-0.2, 0) is 4.74 Å². The standard InChI is InChI=1S/C16H22FNO4/c1-16(2,3)22-15(21)18-7-6-11(14(20)9-18)10-4-5-13(19)12(17)8-10/h4-5,8,11,14,19-20H,6-7,9H2,1-3H3/t11-,14+/m0/s1. The molecule has 22 heavy (non-hydrogen) atoms. The molecule has 2 N–H and O–H groups in total. The van der Waals surface area contributed by atoms with Gasteiger partial charge in [0.25, 0.3) is 0 Å². The number of amides is 1. The number of carbonyl (C=O) groups is 1. The minimum absolute atomic E-state index is 0.141. The summed E-state index contributed by atoms with van der Waals surface area (Å²) in [6, 6.07) is 4.10. The smallest absolute Gasteiger partial charge is 0.410 e. The van der Waals surface area contributed by atoms with E-state index < -0.39 is 29.4 Å². The molecule has 1 aliphatic rings. The summed E-state index contributed by atoms with van der Waals surface area (Å²) in [5.74, 6) is -1.39. The molecule has 0 saturated carbocycles. The number of β-amino-alcohol motifs (C(OH)–C–C–N with tert-alkyl or cyclic N) is 1. The summed E-state index contributed by atoms with van der Waals surface area (Å²) in [7, 11) is 0. The lowest BCUT2D eigenvalue weighted by atomic mass is 9.87.